The summed E-state index contributed by atoms with van der Waals surface area (Å²) in [6.07, 6.45) is 7.32. The highest BCUT2D eigenvalue weighted by molar-refractivity contribution is 5.92. The summed E-state index contributed by atoms with van der Waals surface area (Å²) >= 11 is 0. The molecule has 1 N–H and O–H groups in total. The summed E-state index contributed by atoms with van der Waals surface area (Å²) in [5.41, 5.74) is 1.92. The van der Waals surface area contributed by atoms with Gasteiger partial charge in [-0.25, -0.2) is 0 Å². The molecule has 1 amide bonds. The monoisotopic (exact) mass is 370 g/mol. The first-order valence-electron chi connectivity index (χ1n) is 10.1. The van der Waals surface area contributed by atoms with Gasteiger partial charge in [0.2, 0.25) is 0 Å². The van der Waals surface area contributed by atoms with Gasteiger partial charge in [0.25, 0.3) is 5.91 Å². The maximum Gasteiger partial charge on any atom is 0.267 e. The number of hydrogen-bond donors (Lipinski definition) is 1. The van der Waals surface area contributed by atoms with Crippen LogP contribution >= 0.6 is 0 Å². The van der Waals surface area contributed by atoms with Gasteiger partial charge in [0.15, 0.2) is 0 Å². The summed E-state index contributed by atoms with van der Waals surface area (Å²) in [7, 11) is 5.77. The Bertz CT molecular complexity index is 819. The molecule has 146 valence electrons. The van der Waals surface area contributed by atoms with Gasteiger partial charge in [0.05, 0.1) is 12.6 Å². The topological polar surface area (TPSA) is 68.0 Å². The van der Waals surface area contributed by atoms with E-state index in [1.165, 1.54) is 37.8 Å². The van der Waals surface area contributed by atoms with Gasteiger partial charge in [0.1, 0.15) is 17.3 Å². The Kier molecular flexibility index (Phi) is 5.04. The molecule has 2 aromatic rings. The van der Waals surface area contributed by atoms with Crippen molar-refractivity contribution < 1.29 is 4.79 Å². The van der Waals surface area contributed by atoms with Gasteiger partial charge in [0, 0.05) is 32.8 Å². The average Bonchev–Trinajstić information content (AvgIpc) is 3.18. The van der Waals surface area contributed by atoms with Crippen molar-refractivity contribution in [3.8, 4) is 0 Å². The van der Waals surface area contributed by atoms with Gasteiger partial charge in [-0.3, -0.25) is 9.69 Å². The van der Waals surface area contributed by atoms with Gasteiger partial charge in [-0.15, -0.1) is 10.2 Å². The van der Waals surface area contributed by atoms with E-state index in [1.54, 1.807) is 7.05 Å². The molecule has 0 spiro atoms. The minimum atomic E-state index is -0.0375. The molecule has 0 bridgehead atoms. The molecule has 1 aliphatic heterocycles. The number of amides is 1. The molecule has 0 radical (unpaired) electrons. The van der Waals surface area contributed by atoms with Crippen LogP contribution in [0.15, 0.2) is 12.1 Å². The van der Waals surface area contributed by atoms with E-state index in [0.717, 1.165) is 31.2 Å². The highest BCUT2D eigenvalue weighted by atomic mass is 16.1. The number of likely N-dealkylation sites (tertiary alicyclic amines) is 1. The lowest BCUT2D eigenvalue weighted by atomic mass is 9.85. The van der Waals surface area contributed by atoms with E-state index in [0.29, 0.717) is 17.7 Å². The third-order valence-corrected chi connectivity index (χ3v) is 6.39. The Labute approximate surface area is 160 Å². The zero-order valence-corrected chi connectivity index (χ0v) is 16.6. The molecule has 0 unspecified atom stereocenters. The zero-order chi connectivity index (χ0) is 19.0. The Morgan fingerprint density at radius 2 is 1.93 bits per heavy atom. The molecule has 0 aromatic carbocycles. The molecule has 3 heterocycles. The van der Waals surface area contributed by atoms with Gasteiger partial charge < -0.3 is 14.5 Å². The first-order valence-corrected chi connectivity index (χ1v) is 10.1. The Hall–Kier alpha value is -2.15. The van der Waals surface area contributed by atoms with E-state index in [1.807, 2.05) is 17.7 Å². The fourth-order valence-electron chi connectivity index (χ4n) is 4.45. The van der Waals surface area contributed by atoms with Gasteiger partial charge in [-0.1, -0.05) is 12.8 Å². The number of carbonyl (C=O) groups is 1. The maximum absolute atomic E-state index is 12.1. The standard InChI is InChI=1S/C20H30N6O/c1-21-20(27)17-11-10-15(24(17)2)16-9-4-5-12-26(16)13-18-22-23-19(25(18)3)14-7-6-8-14/h10-11,14,16H,4-9,12-13H2,1-3H3,(H,21,27)/t16-/m0/s1. The van der Waals surface area contributed by atoms with E-state index >= 15 is 0 Å². The highest BCUT2D eigenvalue weighted by Crippen LogP contribution is 2.36. The molecule has 27 heavy (non-hydrogen) atoms. The van der Waals surface area contributed by atoms with Gasteiger partial charge >= 0.3 is 0 Å². The largest absolute Gasteiger partial charge is 0.354 e. The second-order valence-corrected chi connectivity index (χ2v) is 7.92. The molecule has 1 atom stereocenters. The zero-order valence-electron chi connectivity index (χ0n) is 16.6. The summed E-state index contributed by atoms with van der Waals surface area (Å²) in [4.78, 5) is 14.6. The first kappa shape index (κ1) is 18.2. The Morgan fingerprint density at radius 1 is 1.11 bits per heavy atom. The van der Waals surface area contributed by atoms with E-state index in [9.17, 15) is 4.79 Å². The van der Waals surface area contributed by atoms with Crippen LogP contribution in [0.4, 0.5) is 0 Å². The molecular weight excluding hydrogens is 340 g/mol. The van der Waals surface area contributed by atoms with Crippen molar-refractivity contribution in [2.75, 3.05) is 13.6 Å². The lowest BCUT2D eigenvalue weighted by molar-refractivity contribution is 0.0952. The lowest BCUT2D eigenvalue weighted by Gasteiger charge is -2.36. The highest BCUT2D eigenvalue weighted by Gasteiger charge is 2.30. The van der Waals surface area contributed by atoms with Gasteiger partial charge in [-0.05, 0) is 44.4 Å². The van der Waals surface area contributed by atoms with Crippen LogP contribution in [0.1, 0.15) is 78.3 Å². The Morgan fingerprint density at radius 3 is 2.63 bits per heavy atom. The van der Waals surface area contributed by atoms with E-state index in [-0.39, 0.29) is 5.91 Å². The summed E-state index contributed by atoms with van der Waals surface area (Å²) < 4.78 is 4.24. The fraction of sp³-hybridized carbons (Fsp3) is 0.650. The number of nitrogens with one attached hydrogen (secondary N) is 1. The molecular formula is C20H30N6O. The molecule has 4 rings (SSSR count). The molecule has 7 heteroatoms. The molecule has 1 saturated carbocycles. The first-order chi connectivity index (χ1) is 13.1. The smallest absolute Gasteiger partial charge is 0.267 e. The molecule has 1 saturated heterocycles. The number of carbonyl (C=O) groups excluding carboxylic acids is 1. The van der Waals surface area contributed by atoms with Crippen LogP contribution < -0.4 is 5.32 Å². The fourth-order valence-corrected chi connectivity index (χ4v) is 4.45. The van der Waals surface area contributed by atoms with E-state index < -0.39 is 0 Å². The van der Waals surface area contributed by atoms with Crippen molar-refractivity contribution in [2.24, 2.45) is 14.1 Å². The van der Waals surface area contributed by atoms with Crippen molar-refractivity contribution in [1.29, 1.82) is 0 Å². The predicted octanol–water partition coefficient (Wildman–Crippen LogP) is 2.51. The summed E-state index contributed by atoms with van der Waals surface area (Å²) in [6.45, 7) is 1.86. The minimum Gasteiger partial charge on any atom is -0.354 e. The number of aromatic nitrogens is 4. The molecule has 2 fully saturated rings. The third kappa shape index (κ3) is 3.29. The van der Waals surface area contributed by atoms with Crippen molar-refractivity contribution >= 4 is 5.91 Å². The van der Waals surface area contributed by atoms with Crippen LogP contribution in [0.3, 0.4) is 0 Å². The SMILES string of the molecule is CNC(=O)c1ccc([C@@H]2CCCCN2Cc2nnc(C3CCC3)n2C)n1C. The van der Waals surface area contributed by atoms with Crippen LogP contribution in [0.2, 0.25) is 0 Å². The normalized spacial score (nSPS) is 21.2. The third-order valence-electron chi connectivity index (χ3n) is 6.39. The predicted molar refractivity (Wildman–Crippen MR) is 103 cm³/mol. The number of rotatable bonds is 5. The van der Waals surface area contributed by atoms with Crippen molar-refractivity contribution in [3.05, 3.63) is 35.2 Å². The van der Waals surface area contributed by atoms with Crippen LogP contribution in [0.25, 0.3) is 0 Å². The van der Waals surface area contributed by atoms with Crippen molar-refractivity contribution in [2.45, 2.75) is 57.0 Å². The average molecular weight is 371 g/mol. The van der Waals surface area contributed by atoms with Crippen LogP contribution in [0.5, 0.6) is 0 Å². The molecule has 2 aromatic heterocycles. The summed E-state index contributed by atoms with van der Waals surface area (Å²) in [5, 5.41) is 11.7. The number of nitrogens with zero attached hydrogens (tertiary/aromatic N) is 5. The van der Waals surface area contributed by atoms with E-state index in [2.05, 4.69) is 38.1 Å². The van der Waals surface area contributed by atoms with Crippen molar-refractivity contribution in [3.63, 3.8) is 0 Å². The summed E-state index contributed by atoms with van der Waals surface area (Å²) in [6, 6.07) is 4.34. The second-order valence-electron chi connectivity index (χ2n) is 7.92. The van der Waals surface area contributed by atoms with Crippen LogP contribution in [-0.4, -0.2) is 43.7 Å². The number of hydrogen-bond acceptors (Lipinski definition) is 4. The van der Waals surface area contributed by atoms with Crippen LogP contribution in [0, 0.1) is 0 Å². The maximum atomic E-state index is 12.1. The quantitative estimate of drug-likeness (QED) is 0.878. The van der Waals surface area contributed by atoms with Gasteiger partial charge in [-0.2, -0.15) is 0 Å². The minimum absolute atomic E-state index is 0.0375. The van der Waals surface area contributed by atoms with Crippen LogP contribution in [-0.2, 0) is 20.6 Å². The summed E-state index contributed by atoms with van der Waals surface area (Å²) in [5.74, 6) is 2.75. The molecule has 1 aliphatic carbocycles. The molecule has 7 nitrogen and oxygen atoms in total. The van der Waals surface area contributed by atoms with Crippen molar-refractivity contribution in [1.82, 2.24) is 29.5 Å². The molecule has 2 aliphatic rings. The number of piperidine rings is 1. The van der Waals surface area contributed by atoms with E-state index in [4.69, 9.17) is 0 Å². The second kappa shape index (κ2) is 7.46. The Balaban J connectivity index is 1.56. The lowest BCUT2D eigenvalue weighted by Crippen LogP contribution is -2.35.